The Balaban J connectivity index is 1.40. The van der Waals surface area contributed by atoms with Crippen molar-refractivity contribution in [3.63, 3.8) is 0 Å². The van der Waals surface area contributed by atoms with Crippen LogP contribution in [0.3, 0.4) is 0 Å². The molecular weight excluding hydrogens is 1300 g/mol. The third-order valence-electron chi connectivity index (χ3n) is 16.3. The number of fused-ring (bicyclic) bond motifs is 4. The van der Waals surface area contributed by atoms with Gasteiger partial charge in [-0.1, -0.05) is 37.2 Å². The van der Waals surface area contributed by atoms with Gasteiger partial charge in [0.2, 0.25) is 59.1 Å². The number of aliphatic hydroxyl groups is 1. The van der Waals surface area contributed by atoms with Crippen molar-refractivity contribution < 1.29 is 82.4 Å². The SMILES string of the molecule is CSCc1cc2cc(c1)OCCCCCCO/N=C/C(=O)N[C@@H](CCCCN)C(=O)N[C@@H](C)C(=O)N1CCC[C@H]1C(=O)N[C@@H](CC(C)C)C(=O)N[C@@H](CC(=O)O)C(=O)N[C@@H]([C@@H](C)O)C(=O)N1CCC[C@H]1C(=O)N[C@@H](Cc1ccc(O)cc1)C(=O)N[C@@H](C)C(=O)N[C@H](C(N)=O)CSC2. The molecule has 0 aliphatic carbocycles. The van der Waals surface area contributed by atoms with Crippen LogP contribution in [0.5, 0.6) is 11.5 Å². The maximum absolute atomic E-state index is 14.5. The first kappa shape index (κ1) is 79.5. The second kappa shape index (κ2) is 40.5. The number of nitrogens with zero attached hydrogens (tertiary/aromatic N) is 3. The van der Waals surface area contributed by atoms with Gasteiger partial charge in [-0.3, -0.25) is 57.5 Å². The fraction of sp³-hybridized carbons (Fsp3) is 0.615. The van der Waals surface area contributed by atoms with Crippen molar-refractivity contribution in [1.29, 1.82) is 0 Å². The summed E-state index contributed by atoms with van der Waals surface area (Å²) in [6, 6.07) is -2.19. The molecule has 2 fully saturated rings. The first-order chi connectivity index (χ1) is 46.2. The number of amides is 11. The van der Waals surface area contributed by atoms with Crippen LogP contribution < -0.4 is 58.7 Å². The summed E-state index contributed by atoms with van der Waals surface area (Å²) >= 11 is 2.96. The van der Waals surface area contributed by atoms with Crippen LogP contribution >= 0.6 is 23.5 Å². The number of carbonyl (C=O) groups excluding carboxylic acids is 11. The Hall–Kier alpha value is -8.23. The molecule has 536 valence electrons. The number of rotatable bonds is 14. The van der Waals surface area contributed by atoms with E-state index >= 15 is 0 Å². The van der Waals surface area contributed by atoms with Gasteiger partial charge in [0.15, 0.2) is 0 Å². The smallest absolute Gasteiger partial charge is 0.305 e. The lowest BCUT2D eigenvalue weighted by Crippen LogP contribution is -2.62. The molecule has 11 amide bonds. The van der Waals surface area contributed by atoms with Crippen molar-refractivity contribution in [2.75, 3.05) is 44.9 Å². The molecule has 11 atom stereocenters. The van der Waals surface area contributed by atoms with Crippen molar-refractivity contribution >= 4 is 101 Å². The number of benzene rings is 2. The number of nitrogens with two attached hydrogens (primary N) is 2. The Morgan fingerprint density at radius 2 is 1.28 bits per heavy atom. The number of phenolic OH excluding ortho intramolecular Hbond substituents is 1. The number of carboxylic acids is 1. The van der Waals surface area contributed by atoms with Crippen LogP contribution in [0.1, 0.15) is 135 Å². The van der Waals surface area contributed by atoms with Crippen molar-refractivity contribution in [2.24, 2.45) is 22.5 Å². The van der Waals surface area contributed by atoms with E-state index in [0.29, 0.717) is 61.7 Å². The lowest BCUT2D eigenvalue weighted by molar-refractivity contribution is -0.145. The zero-order chi connectivity index (χ0) is 71.3. The molecule has 30 nitrogen and oxygen atoms in total. The van der Waals surface area contributed by atoms with Gasteiger partial charge >= 0.3 is 5.97 Å². The van der Waals surface area contributed by atoms with Crippen LogP contribution in [0.15, 0.2) is 47.6 Å². The number of thioether (sulfide) groups is 2. The number of oxime groups is 1. The molecule has 2 aromatic rings. The molecule has 2 saturated heterocycles. The largest absolute Gasteiger partial charge is 0.508 e. The van der Waals surface area contributed by atoms with Gasteiger partial charge in [-0.15, -0.1) is 0 Å². The Bertz CT molecular complexity index is 3070. The standard InChI is InChI=1S/C65H97N13O17S2/c1-37(2)27-47-60(88)72-49(32-54(82)83)61(89)76-55(40(5)79)65(93)78-24-14-17-52(78)63(91)74-48(31-41-18-20-44(80)21-19-41)59(87)69-38(3)57(85)75-50(56(67)84)36-97-35-43-28-42(34-96-6)29-45(30-43)94-25-11-7-8-12-26-95-68-33-53(81)71-46(15-9-10-22-66)58(86)70-39(4)64(92)77-23-13-16-51(77)62(90)73-47/h18-21,28-30,33,37-40,46-52,55,79-80H,7-17,22-27,31-32,34-36,66H2,1-6H3,(H2,67,84)(H,69,87)(H,70,86)(H,71,81)(H,72,88)(H,73,90)(H,74,91)(H,75,85)(H,76,89)(H,82,83)/b68-33+/t38-,39-,40+,46-,47-,48-,49-,50-,51-,52-,55-/m0/s1. The molecule has 2 bridgehead atoms. The van der Waals surface area contributed by atoms with E-state index in [4.69, 9.17) is 21.0 Å². The van der Waals surface area contributed by atoms with Gasteiger partial charge in [-0.05, 0) is 157 Å². The van der Waals surface area contributed by atoms with Crippen molar-refractivity contribution in [3.8, 4) is 11.5 Å². The molecular formula is C65H97N13O17S2. The van der Waals surface area contributed by atoms with Crippen molar-refractivity contribution in [2.45, 2.75) is 203 Å². The molecule has 97 heavy (non-hydrogen) atoms. The first-order valence-electron chi connectivity index (χ1n) is 32.9. The highest BCUT2D eigenvalue weighted by Crippen LogP contribution is 2.26. The molecule has 0 aromatic heterocycles. The average Bonchev–Trinajstić information content (AvgIpc) is 1.76. The highest BCUT2D eigenvalue weighted by atomic mass is 32.2. The van der Waals surface area contributed by atoms with E-state index in [9.17, 15) is 72.9 Å². The predicted molar refractivity (Wildman–Crippen MR) is 362 cm³/mol. The number of hydrogen-bond donors (Lipinski definition) is 13. The van der Waals surface area contributed by atoms with Gasteiger partial charge in [-0.25, -0.2) is 0 Å². The Morgan fingerprint density at radius 3 is 1.90 bits per heavy atom. The lowest BCUT2D eigenvalue weighted by Gasteiger charge is -2.32. The van der Waals surface area contributed by atoms with E-state index < -0.39 is 144 Å². The summed E-state index contributed by atoms with van der Waals surface area (Å²) in [5.74, 6) is -9.44. The maximum Gasteiger partial charge on any atom is 0.305 e. The monoisotopic (exact) mass is 1400 g/mol. The van der Waals surface area contributed by atoms with E-state index in [1.807, 2.05) is 24.5 Å². The van der Waals surface area contributed by atoms with Gasteiger partial charge in [-0.2, -0.15) is 23.5 Å². The summed E-state index contributed by atoms with van der Waals surface area (Å²) in [6.07, 6.45) is 4.76. The van der Waals surface area contributed by atoms with Gasteiger partial charge in [0.25, 0.3) is 5.91 Å². The molecule has 15 N–H and O–H groups in total. The maximum atomic E-state index is 14.5. The Kier molecular flexibility index (Phi) is 33.2. The van der Waals surface area contributed by atoms with Crippen molar-refractivity contribution in [3.05, 3.63) is 59.2 Å². The molecule has 0 radical (unpaired) electrons. The predicted octanol–water partition coefficient (Wildman–Crippen LogP) is 0.102. The van der Waals surface area contributed by atoms with Gasteiger partial charge in [0.1, 0.15) is 84.7 Å². The van der Waals surface area contributed by atoms with Crippen LogP contribution in [0.4, 0.5) is 0 Å². The molecule has 0 saturated carbocycles. The number of aliphatic hydroxyl groups excluding tert-OH is 1. The number of ether oxygens (including phenoxy) is 1. The second-order valence-corrected chi connectivity index (χ2v) is 26.8. The lowest BCUT2D eigenvalue weighted by atomic mass is 10.0. The fourth-order valence-corrected chi connectivity index (χ4v) is 12.8. The first-order valence-corrected chi connectivity index (χ1v) is 35.4. The second-order valence-electron chi connectivity index (χ2n) is 24.9. The molecule has 3 aliphatic heterocycles. The third-order valence-corrected chi connectivity index (χ3v) is 18.1. The summed E-state index contributed by atoms with van der Waals surface area (Å²) < 4.78 is 6.17. The fourth-order valence-electron chi connectivity index (χ4n) is 11.3. The number of carbonyl (C=O) groups is 12. The van der Waals surface area contributed by atoms with Crippen molar-refractivity contribution in [1.82, 2.24) is 52.3 Å². The summed E-state index contributed by atoms with van der Waals surface area (Å²) in [6.45, 7) is 8.39. The third kappa shape index (κ3) is 26.3. The minimum Gasteiger partial charge on any atom is -0.508 e. The van der Waals surface area contributed by atoms with Crippen LogP contribution in [0.2, 0.25) is 0 Å². The number of aliphatic carboxylic acids is 1. The van der Waals surface area contributed by atoms with E-state index in [1.165, 1.54) is 54.8 Å². The molecule has 3 aliphatic rings. The summed E-state index contributed by atoms with van der Waals surface area (Å²) in [7, 11) is 0. The minimum atomic E-state index is -1.91. The van der Waals surface area contributed by atoms with Crippen LogP contribution in [0.25, 0.3) is 0 Å². The molecule has 0 unspecified atom stereocenters. The van der Waals surface area contributed by atoms with Crippen LogP contribution in [0, 0.1) is 5.92 Å². The molecule has 3 heterocycles. The Morgan fingerprint density at radius 1 is 0.680 bits per heavy atom. The number of hydrogen-bond acceptors (Lipinski definition) is 20. The number of phenols is 1. The van der Waals surface area contributed by atoms with E-state index in [0.717, 1.165) is 48.4 Å². The quantitative estimate of drug-likeness (QED) is 0.112. The van der Waals surface area contributed by atoms with Gasteiger partial charge < -0.3 is 88.7 Å². The summed E-state index contributed by atoms with van der Waals surface area (Å²) in [4.78, 5) is 173. The Labute approximate surface area is 573 Å². The zero-order valence-electron chi connectivity index (χ0n) is 56.0. The number of aromatic hydroxyl groups is 1. The van der Waals surface area contributed by atoms with Crippen LogP contribution in [-0.4, -0.2) is 214 Å². The number of unbranched alkanes of at least 4 members (excludes halogenated alkanes) is 1. The normalized spacial score (nSPS) is 26.0. The molecule has 2 aromatic carbocycles. The zero-order valence-corrected chi connectivity index (χ0v) is 57.6. The number of nitrogens with one attached hydrogen (secondary N) is 8. The van der Waals surface area contributed by atoms with Gasteiger partial charge in [0, 0.05) is 36.8 Å². The molecule has 0 spiro atoms. The minimum absolute atomic E-state index is 0.0399. The number of carboxylic acid groups (broad SMARTS) is 1. The summed E-state index contributed by atoms with van der Waals surface area (Å²) in [5.41, 5.74) is 13.9. The number of primary amides is 1. The highest BCUT2D eigenvalue weighted by Gasteiger charge is 2.43. The van der Waals surface area contributed by atoms with E-state index in [-0.39, 0.29) is 75.6 Å². The summed E-state index contributed by atoms with van der Waals surface area (Å²) in [5, 5.41) is 55.4. The van der Waals surface area contributed by atoms with E-state index in [2.05, 4.69) is 47.7 Å². The molecule has 32 heteroatoms. The van der Waals surface area contributed by atoms with Gasteiger partial charge in [0.05, 0.1) is 19.1 Å². The highest BCUT2D eigenvalue weighted by molar-refractivity contribution is 7.98. The topological polar surface area (TPSA) is 451 Å². The van der Waals surface area contributed by atoms with Crippen LogP contribution in [-0.2, 0) is 80.3 Å². The van der Waals surface area contributed by atoms with E-state index in [1.54, 1.807) is 25.6 Å². The average molecular weight is 1400 g/mol. The molecule has 5 rings (SSSR count).